The molecule has 2 fully saturated rings. The average Bonchev–Trinajstić information content (AvgIpc) is 3.70. The maximum Gasteiger partial charge on any atom is 0.326 e. The predicted molar refractivity (Wildman–Crippen MR) is 144 cm³/mol. The van der Waals surface area contributed by atoms with Crippen LogP contribution in [0.1, 0.15) is 25.7 Å². The Morgan fingerprint density at radius 3 is 2.37 bits per heavy atom. The van der Waals surface area contributed by atoms with Crippen LogP contribution in [0, 0.1) is 11.8 Å². The van der Waals surface area contributed by atoms with E-state index in [0.29, 0.717) is 28.2 Å². The maximum absolute atomic E-state index is 13.5. The summed E-state index contributed by atoms with van der Waals surface area (Å²) in [5, 5.41) is 3.89. The van der Waals surface area contributed by atoms with Gasteiger partial charge in [0, 0.05) is 36.9 Å². The normalized spacial score (nSPS) is 16.7. The molecule has 0 atom stereocenters. The van der Waals surface area contributed by atoms with Gasteiger partial charge in [0.25, 0.3) is 0 Å². The number of hydrogen-bond acceptors (Lipinski definition) is 3. The number of rotatable bonds is 7. The standard InChI is InChI=1S/C28H30Cl2N4O/c29-26-10-7-24(16-27(26)30)32-28(35)34(19-21-11-14-33(15-12-21)18-20-3-4-20)25-8-5-22(6-9-25)23-2-1-13-31-17-23/h1-2,5-10,13,16-17,20-21H,3-4,11-12,14-15,18-19H2,(H,32,35). The Morgan fingerprint density at radius 2 is 1.71 bits per heavy atom. The minimum atomic E-state index is -0.169. The maximum atomic E-state index is 13.5. The first kappa shape index (κ1) is 24.1. The summed E-state index contributed by atoms with van der Waals surface area (Å²) in [6.45, 7) is 4.15. The molecule has 1 saturated carbocycles. The number of likely N-dealkylation sites (tertiary alicyclic amines) is 1. The number of carbonyl (C=O) groups is 1. The second-order valence-corrected chi connectivity index (χ2v) is 10.5. The molecule has 1 N–H and O–H groups in total. The molecule has 35 heavy (non-hydrogen) atoms. The number of anilines is 2. The van der Waals surface area contributed by atoms with Crippen molar-refractivity contribution in [1.29, 1.82) is 0 Å². The molecule has 1 aromatic heterocycles. The molecule has 2 amide bonds. The van der Waals surface area contributed by atoms with Crippen molar-refractivity contribution in [2.75, 3.05) is 36.4 Å². The molecule has 2 aliphatic rings. The highest BCUT2D eigenvalue weighted by Crippen LogP contribution is 2.32. The van der Waals surface area contributed by atoms with E-state index in [-0.39, 0.29) is 6.03 Å². The van der Waals surface area contributed by atoms with Gasteiger partial charge in [0.1, 0.15) is 0 Å². The van der Waals surface area contributed by atoms with E-state index in [4.69, 9.17) is 23.2 Å². The van der Waals surface area contributed by atoms with Gasteiger partial charge >= 0.3 is 6.03 Å². The van der Waals surface area contributed by atoms with E-state index in [1.54, 1.807) is 24.4 Å². The fraction of sp³-hybridized carbons (Fsp3) is 0.357. The van der Waals surface area contributed by atoms with E-state index in [1.807, 2.05) is 47.5 Å². The smallest absolute Gasteiger partial charge is 0.307 e. The molecule has 0 unspecified atom stereocenters. The Hall–Kier alpha value is -2.60. The number of amides is 2. The van der Waals surface area contributed by atoms with Crippen LogP contribution >= 0.6 is 23.2 Å². The molecule has 5 rings (SSSR count). The van der Waals surface area contributed by atoms with Crippen molar-refractivity contribution in [1.82, 2.24) is 9.88 Å². The summed E-state index contributed by atoms with van der Waals surface area (Å²) >= 11 is 12.2. The average molecular weight is 509 g/mol. The lowest BCUT2D eigenvalue weighted by Crippen LogP contribution is -2.43. The summed E-state index contributed by atoms with van der Waals surface area (Å²) in [6, 6.07) is 17.1. The highest BCUT2D eigenvalue weighted by molar-refractivity contribution is 6.42. The second-order valence-electron chi connectivity index (χ2n) is 9.65. The molecule has 0 spiro atoms. The molecule has 1 saturated heterocycles. The Morgan fingerprint density at radius 1 is 0.943 bits per heavy atom. The SMILES string of the molecule is O=C(Nc1ccc(Cl)c(Cl)c1)N(CC1CCN(CC2CC2)CC1)c1ccc(-c2cccnc2)cc1. The minimum absolute atomic E-state index is 0.169. The third-order valence-corrected chi connectivity index (χ3v) is 7.69. The molecule has 2 aromatic carbocycles. The minimum Gasteiger partial charge on any atom is -0.307 e. The van der Waals surface area contributed by atoms with Crippen LogP contribution in [-0.2, 0) is 0 Å². The number of urea groups is 1. The van der Waals surface area contributed by atoms with Gasteiger partial charge in [-0.05, 0) is 98.1 Å². The van der Waals surface area contributed by atoms with Gasteiger partial charge in [-0.15, -0.1) is 0 Å². The number of nitrogens with zero attached hydrogens (tertiary/aromatic N) is 3. The Balaban J connectivity index is 1.32. The number of piperidine rings is 1. The van der Waals surface area contributed by atoms with Crippen LogP contribution in [0.2, 0.25) is 10.0 Å². The van der Waals surface area contributed by atoms with Crippen molar-refractivity contribution in [3.63, 3.8) is 0 Å². The molecule has 7 heteroatoms. The summed E-state index contributed by atoms with van der Waals surface area (Å²) in [7, 11) is 0. The number of nitrogens with one attached hydrogen (secondary N) is 1. The van der Waals surface area contributed by atoms with Crippen LogP contribution in [-0.4, -0.2) is 42.1 Å². The molecule has 5 nitrogen and oxygen atoms in total. The van der Waals surface area contributed by atoms with Gasteiger partial charge in [-0.3, -0.25) is 9.88 Å². The zero-order valence-corrected chi connectivity index (χ0v) is 21.2. The topological polar surface area (TPSA) is 48.5 Å². The molecule has 0 bridgehead atoms. The molecule has 1 aliphatic carbocycles. The fourth-order valence-electron chi connectivity index (χ4n) is 4.71. The van der Waals surface area contributed by atoms with Crippen LogP contribution in [0.5, 0.6) is 0 Å². The van der Waals surface area contributed by atoms with Crippen molar-refractivity contribution in [3.05, 3.63) is 77.0 Å². The van der Waals surface area contributed by atoms with Gasteiger partial charge in [-0.2, -0.15) is 0 Å². The van der Waals surface area contributed by atoms with Crippen molar-refractivity contribution in [2.45, 2.75) is 25.7 Å². The van der Waals surface area contributed by atoms with E-state index in [9.17, 15) is 4.79 Å². The van der Waals surface area contributed by atoms with E-state index >= 15 is 0 Å². The van der Waals surface area contributed by atoms with E-state index in [0.717, 1.165) is 48.7 Å². The number of carbonyl (C=O) groups excluding carboxylic acids is 1. The van der Waals surface area contributed by atoms with Crippen LogP contribution in [0.25, 0.3) is 11.1 Å². The lowest BCUT2D eigenvalue weighted by molar-refractivity contribution is 0.180. The number of halogens is 2. The number of hydrogen-bond donors (Lipinski definition) is 1. The van der Waals surface area contributed by atoms with Crippen molar-refractivity contribution < 1.29 is 4.79 Å². The fourth-order valence-corrected chi connectivity index (χ4v) is 5.01. The van der Waals surface area contributed by atoms with Crippen molar-refractivity contribution in [3.8, 4) is 11.1 Å². The lowest BCUT2D eigenvalue weighted by atomic mass is 9.95. The Kier molecular flexibility index (Phi) is 7.57. The van der Waals surface area contributed by atoms with Crippen molar-refractivity contribution >= 4 is 40.6 Å². The first-order chi connectivity index (χ1) is 17.0. The summed E-state index contributed by atoms with van der Waals surface area (Å²) < 4.78 is 0. The van der Waals surface area contributed by atoms with Gasteiger partial charge in [0.15, 0.2) is 0 Å². The van der Waals surface area contributed by atoms with Gasteiger partial charge < -0.3 is 10.2 Å². The van der Waals surface area contributed by atoms with Crippen LogP contribution in [0.4, 0.5) is 16.2 Å². The molecular weight excluding hydrogens is 479 g/mol. The molecule has 2 heterocycles. The highest BCUT2D eigenvalue weighted by atomic mass is 35.5. The summed E-state index contributed by atoms with van der Waals surface area (Å²) in [5.41, 5.74) is 3.62. The molecule has 182 valence electrons. The van der Waals surface area contributed by atoms with Crippen LogP contribution < -0.4 is 10.2 Å². The highest BCUT2D eigenvalue weighted by Gasteiger charge is 2.29. The van der Waals surface area contributed by atoms with E-state index in [1.165, 1.54) is 19.4 Å². The van der Waals surface area contributed by atoms with Crippen molar-refractivity contribution in [2.24, 2.45) is 11.8 Å². The summed E-state index contributed by atoms with van der Waals surface area (Å²) in [4.78, 5) is 22.1. The zero-order chi connectivity index (χ0) is 24.2. The van der Waals surface area contributed by atoms with Gasteiger partial charge in [0.05, 0.1) is 10.0 Å². The largest absolute Gasteiger partial charge is 0.326 e. The molecule has 1 aliphatic heterocycles. The first-order valence-corrected chi connectivity index (χ1v) is 13.1. The quantitative estimate of drug-likeness (QED) is 0.366. The van der Waals surface area contributed by atoms with Crippen LogP contribution in [0.15, 0.2) is 67.0 Å². The molecule has 0 radical (unpaired) electrons. The molecular formula is C28H30Cl2N4O. The van der Waals surface area contributed by atoms with Gasteiger partial charge in [-0.25, -0.2) is 4.79 Å². The predicted octanol–water partition coefficient (Wildman–Crippen LogP) is 7.22. The first-order valence-electron chi connectivity index (χ1n) is 12.3. The Labute approximate surface area is 217 Å². The number of pyridine rings is 1. The van der Waals surface area contributed by atoms with Gasteiger partial charge in [0.2, 0.25) is 0 Å². The third-order valence-electron chi connectivity index (χ3n) is 6.95. The summed E-state index contributed by atoms with van der Waals surface area (Å²) in [5.74, 6) is 1.38. The van der Waals surface area contributed by atoms with Gasteiger partial charge in [-0.1, -0.05) is 41.4 Å². The zero-order valence-electron chi connectivity index (χ0n) is 19.7. The van der Waals surface area contributed by atoms with Crippen LogP contribution in [0.3, 0.4) is 0 Å². The summed E-state index contributed by atoms with van der Waals surface area (Å²) in [6.07, 6.45) is 8.60. The number of aromatic nitrogens is 1. The lowest BCUT2D eigenvalue weighted by Gasteiger charge is -2.35. The van der Waals surface area contributed by atoms with E-state index < -0.39 is 0 Å². The molecule has 3 aromatic rings. The third kappa shape index (κ3) is 6.35. The monoisotopic (exact) mass is 508 g/mol. The van der Waals surface area contributed by atoms with E-state index in [2.05, 4.69) is 15.2 Å². The second kappa shape index (κ2) is 11.0. The number of benzene rings is 2. The Bertz CT molecular complexity index is 1140.